The third kappa shape index (κ3) is 6.71. The van der Waals surface area contributed by atoms with Crippen LogP contribution in [0.15, 0.2) is 43.2 Å². The minimum absolute atomic E-state index is 0.225. The lowest BCUT2D eigenvalue weighted by Crippen LogP contribution is -2.32. The Labute approximate surface area is 219 Å². The summed E-state index contributed by atoms with van der Waals surface area (Å²) in [5.74, 6) is -3.15. The van der Waals surface area contributed by atoms with Crippen LogP contribution in [-0.2, 0) is 4.79 Å². The molecule has 0 spiro atoms. The first-order valence-electron chi connectivity index (χ1n) is 12.5. The van der Waals surface area contributed by atoms with Crippen molar-refractivity contribution in [2.75, 3.05) is 50.5 Å². The van der Waals surface area contributed by atoms with Gasteiger partial charge < -0.3 is 25.6 Å². The van der Waals surface area contributed by atoms with Crippen LogP contribution in [0.4, 0.5) is 30.4 Å². The van der Waals surface area contributed by atoms with E-state index in [4.69, 9.17) is 4.74 Å². The molecule has 3 N–H and O–H groups in total. The zero-order valence-electron chi connectivity index (χ0n) is 21.2. The highest BCUT2D eigenvalue weighted by Crippen LogP contribution is 2.34. The number of amides is 1. The molecule has 0 atom stereocenters. The number of nitrogens with zero attached hydrogens (tertiary/aromatic N) is 3. The van der Waals surface area contributed by atoms with Crippen molar-refractivity contribution in [3.63, 3.8) is 0 Å². The molecular formula is C27H31F3N6O2. The molecule has 2 aromatic carbocycles. The van der Waals surface area contributed by atoms with Crippen LogP contribution < -0.4 is 20.7 Å². The third-order valence-corrected chi connectivity index (χ3v) is 6.49. The number of carbonyl (C=O) groups is 1. The predicted molar refractivity (Wildman–Crippen MR) is 141 cm³/mol. The number of aromatic nitrogens is 2. The fourth-order valence-corrected chi connectivity index (χ4v) is 4.22. The summed E-state index contributed by atoms with van der Waals surface area (Å²) < 4.78 is 47.7. The van der Waals surface area contributed by atoms with Crippen molar-refractivity contribution in [3.8, 4) is 5.75 Å². The van der Waals surface area contributed by atoms with Gasteiger partial charge in [-0.25, -0.2) is 23.1 Å². The summed E-state index contributed by atoms with van der Waals surface area (Å²) in [6.07, 6.45) is 5.26. The molecule has 1 aliphatic heterocycles. The summed E-state index contributed by atoms with van der Waals surface area (Å²) >= 11 is 0. The first-order chi connectivity index (χ1) is 18.4. The number of halogens is 3. The SMILES string of the molecule is C=CC(=O)NCCCNc1cc2c(Nc3ccc(F)c(F)c3F)ncnc2cc1OCC1CCN(C)CC1. The summed E-state index contributed by atoms with van der Waals surface area (Å²) in [5.41, 5.74) is 0.954. The highest BCUT2D eigenvalue weighted by Gasteiger charge is 2.19. The van der Waals surface area contributed by atoms with Crippen LogP contribution in [0, 0.1) is 23.4 Å². The van der Waals surface area contributed by atoms with Crippen molar-refractivity contribution < 1.29 is 22.7 Å². The molecule has 0 saturated carbocycles. The van der Waals surface area contributed by atoms with Gasteiger partial charge in [0.1, 0.15) is 17.9 Å². The standard InChI is InChI=1S/C27H31F3N6O2/c1-3-24(37)32-10-4-9-31-22-13-18-21(14-23(22)38-15-17-7-11-36(2)12-8-17)33-16-34-27(18)35-20-6-5-19(28)25(29)26(20)30/h3,5-6,13-14,16-17,31H,1,4,7-12,15H2,2H3,(H,32,37)(H,33,34,35). The fraction of sp³-hybridized carbons (Fsp3) is 0.370. The summed E-state index contributed by atoms with van der Waals surface area (Å²) in [4.78, 5) is 22.2. The monoisotopic (exact) mass is 528 g/mol. The maximum Gasteiger partial charge on any atom is 0.243 e. The summed E-state index contributed by atoms with van der Waals surface area (Å²) in [5, 5.41) is 9.35. The van der Waals surface area contributed by atoms with E-state index in [1.165, 1.54) is 12.4 Å². The van der Waals surface area contributed by atoms with Gasteiger partial charge in [-0.15, -0.1) is 0 Å². The van der Waals surface area contributed by atoms with E-state index in [1.54, 1.807) is 12.1 Å². The number of hydrogen-bond acceptors (Lipinski definition) is 7. The zero-order chi connectivity index (χ0) is 27.1. The Kier molecular flexibility index (Phi) is 9.01. The Balaban J connectivity index is 1.58. The maximum atomic E-state index is 14.3. The van der Waals surface area contributed by atoms with Crippen molar-refractivity contribution in [2.24, 2.45) is 5.92 Å². The molecule has 1 aliphatic rings. The quantitative estimate of drug-likeness (QED) is 0.190. The molecule has 202 valence electrons. The van der Waals surface area contributed by atoms with Gasteiger partial charge in [0.15, 0.2) is 17.5 Å². The lowest BCUT2D eigenvalue weighted by Gasteiger charge is -2.29. The number of nitrogens with one attached hydrogen (secondary N) is 3. The molecule has 2 heterocycles. The number of hydrogen-bond donors (Lipinski definition) is 3. The minimum atomic E-state index is -1.57. The molecule has 0 bridgehead atoms. The minimum Gasteiger partial charge on any atom is -0.491 e. The molecule has 0 aliphatic carbocycles. The fourth-order valence-electron chi connectivity index (χ4n) is 4.22. The molecule has 0 unspecified atom stereocenters. The second kappa shape index (κ2) is 12.6. The molecule has 38 heavy (non-hydrogen) atoms. The first kappa shape index (κ1) is 27.2. The van der Waals surface area contributed by atoms with Gasteiger partial charge in [-0.2, -0.15) is 0 Å². The number of anilines is 3. The van der Waals surface area contributed by atoms with E-state index >= 15 is 0 Å². The number of likely N-dealkylation sites (tertiary alicyclic amines) is 1. The molecule has 3 aromatic rings. The number of fused-ring (bicyclic) bond motifs is 1. The average Bonchev–Trinajstić information content (AvgIpc) is 2.92. The first-order valence-corrected chi connectivity index (χ1v) is 12.5. The van der Waals surface area contributed by atoms with Crippen LogP contribution >= 0.6 is 0 Å². The van der Waals surface area contributed by atoms with E-state index in [0.717, 1.165) is 38.1 Å². The number of benzene rings is 2. The number of carbonyl (C=O) groups excluding carboxylic acids is 1. The highest BCUT2D eigenvalue weighted by atomic mass is 19.2. The predicted octanol–water partition coefficient (Wildman–Crippen LogP) is 4.62. The number of rotatable bonds is 11. The van der Waals surface area contributed by atoms with Crippen LogP contribution in [0.3, 0.4) is 0 Å². The zero-order valence-corrected chi connectivity index (χ0v) is 21.2. The van der Waals surface area contributed by atoms with Crippen LogP contribution in [0.2, 0.25) is 0 Å². The summed E-state index contributed by atoms with van der Waals surface area (Å²) in [6.45, 7) is 7.03. The molecule has 1 amide bonds. The molecular weight excluding hydrogens is 497 g/mol. The number of ether oxygens (including phenoxy) is 1. The third-order valence-electron chi connectivity index (χ3n) is 6.49. The molecule has 1 aromatic heterocycles. The smallest absolute Gasteiger partial charge is 0.243 e. The van der Waals surface area contributed by atoms with Gasteiger partial charge in [-0.1, -0.05) is 6.58 Å². The van der Waals surface area contributed by atoms with Gasteiger partial charge in [-0.05, 0) is 69.6 Å². The van der Waals surface area contributed by atoms with Crippen molar-refractivity contribution in [2.45, 2.75) is 19.3 Å². The van der Waals surface area contributed by atoms with E-state index in [1.807, 2.05) is 0 Å². The second-order valence-electron chi connectivity index (χ2n) is 9.27. The van der Waals surface area contributed by atoms with Gasteiger partial charge in [0, 0.05) is 24.5 Å². The van der Waals surface area contributed by atoms with Crippen molar-refractivity contribution in [1.82, 2.24) is 20.2 Å². The Morgan fingerprint density at radius 2 is 1.92 bits per heavy atom. The van der Waals surface area contributed by atoms with E-state index in [9.17, 15) is 18.0 Å². The average molecular weight is 529 g/mol. The van der Waals surface area contributed by atoms with E-state index in [2.05, 4.69) is 44.4 Å². The van der Waals surface area contributed by atoms with E-state index in [0.29, 0.717) is 54.4 Å². The van der Waals surface area contributed by atoms with E-state index < -0.39 is 17.5 Å². The van der Waals surface area contributed by atoms with Gasteiger partial charge in [0.2, 0.25) is 5.91 Å². The molecule has 4 rings (SSSR count). The Morgan fingerprint density at radius 3 is 2.68 bits per heavy atom. The van der Waals surface area contributed by atoms with Gasteiger partial charge in [-0.3, -0.25) is 4.79 Å². The lowest BCUT2D eigenvalue weighted by molar-refractivity contribution is -0.116. The Hall–Kier alpha value is -3.86. The Bertz CT molecular complexity index is 1300. The molecule has 8 nitrogen and oxygen atoms in total. The summed E-state index contributed by atoms with van der Waals surface area (Å²) in [7, 11) is 2.11. The van der Waals surface area contributed by atoms with Crippen molar-refractivity contribution in [3.05, 3.63) is 60.7 Å². The molecule has 1 fully saturated rings. The topological polar surface area (TPSA) is 91.4 Å². The molecule has 0 radical (unpaired) electrons. The van der Waals surface area contributed by atoms with Gasteiger partial charge >= 0.3 is 0 Å². The normalized spacial score (nSPS) is 14.3. The largest absolute Gasteiger partial charge is 0.491 e. The lowest BCUT2D eigenvalue weighted by atomic mass is 9.98. The van der Waals surface area contributed by atoms with Gasteiger partial charge in [0.05, 0.1) is 23.5 Å². The molecule has 11 heteroatoms. The molecule has 1 saturated heterocycles. The summed E-state index contributed by atoms with van der Waals surface area (Å²) in [6, 6.07) is 5.51. The van der Waals surface area contributed by atoms with Crippen LogP contribution in [-0.4, -0.2) is 60.6 Å². The van der Waals surface area contributed by atoms with E-state index in [-0.39, 0.29) is 17.4 Å². The van der Waals surface area contributed by atoms with Crippen LogP contribution in [0.5, 0.6) is 5.75 Å². The number of piperidine rings is 1. The second-order valence-corrected chi connectivity index (χ2v) is 9.27. The Morgan fingerprint density at radius 1 is 1.13 bits per heavy atom. The van der Waals surface area contributed by atoms with Crippen LogP contribution in [0.1, 0.15) is 19.3 Å². The van der Waals surface area contributed by atoms with Crippen molar-refractivity contribution >= 4 is 34.0 Å². The van der Waals surface area contributed by atoms with Crippen molar-refractivity contribution in [1.29, 1.82) is 0 Å². The highest BCUT2D eigenvalue weighted by molar-refractivity contribution is 5.95. The van der Waals surface area contributed by atoms with Crippen LogP contribution in [0.25, 0.3) is 10.9 Å². The van der Waals surface area contributed by atoms with Gasteiger partial charge in [0.25, 0.3) is 0 Å². The maximum absolute atomic E-state index is 14.3.